The van der Waals surface area contributed by atoms with E-state index in [-0.39, 0.29) is 0 Å². The SMILES string of the molecule is c1ccc(CNc2ncccc2C2=NCCCN2)cc1. The van der Waals surface area contributed by atoms with Crippen LogP contribution in [0.4, 0.5) is 5.82 Å². The van der Waals surface area contributed by atoms with Gasteiger partial charge in [-0.05, 0) is 24.1 Å². The van der Waals surface area contributed by atoms with Crippen molar-refractivity contribution in [2.45, 2.75) is 13.0 Å². The van der Waals surface area contributed by atoms with E-state index in [0.717, 1.165) is 43.3 Å². The van der Waals surface area contributed by atoms with Crippen molar-refractivity contribution in [1.29, 1.82) is 0 Å². The monoisotopic (exact) mass is 266 g/mol. The van der Waals surface area contributed by atoms with Crippen LogP contribution in [-0.2, 0) is 6.54 Å². The first kappa shape index (κ1) is 12.7. The smallest absolute Gasteiger partial charge is 0.137 e. The Kier molecular flexibility index (Phi) is 3.92. The van der Waals surface area contributed by atoms with Gasteiger partial charge < -0.3 is 10.6 Å². The Bertz CT molecular complexity index is 592. The summed E-state index contributed by atoms with van der Waals surface area (Å²) < 4.78 is 0. The fourth-order valence-electron chi connectivity index (χ4n) is 2.23. The summed E-state index contributed by atoms with van der Waals surface area (Å²) in [5.41, 5.74) is 2.28. The van der Waals surface area contributed by atoms with Crippen LogP contribution in [0.2, 0.25) is 0 Å². The summed E-state index contributed by atoms with van der Waals surface area (Å²) in [5, 5.41) is 6.74. The second-order valence-electron chi connectivity index (χ2n) is 4.75. The largest absolute Gasteiger partial charge is 0.370 e. The molecule has 0 bridgehead atoms. The van der Waals surface area contributed by atoms with Gasteiger partial charge in [0.2, 0.25) is 0 Å². The molecule has 0 saturated heterocycles. The van der Waals surface area contributed by atoms with Gasteiger partial charge >= 0.3 is 0 Å². The number of aromatic nitrogens is 1. The number of hydrogen-bond acceptors (Lipinski definition) is 4. The molecule has 2 aromatic rings. The van der Waals surface area contributed by atoms with Gasteiger partial charge in [-0.2, -0.15) is 0 Å². The summed E-state index contributed by atoms with van der Waals surface area (Å²) in [7, 11) is 0. The van der Waals surface area contributed by atoms with Crippen molar-refractivity contribution < 1.29 is 0 Å². The fourth-order valence-corrected chi connectivity index (χ4v) is 2.23. The lowest BCUT2D eigenvalue weighted by Gasteiger charge is -2.17. The maximum absolute atomic E-state index is 4.54. The van der Waals surface area contributed by atoms with E-state index in [1.54, 1.807) is 6.20 Å². The molecular weight excluding hydrogens is 248 g/mol. The van der Waals surface area contributed by atoms with E-state index in [1.165, 1.54) is 5.56 Å². The van der Waals surface area contributed by atoms with Crippen molar-refractivity contribution in [3.05, 3.63) is 59.8 Å². The number of nitrogens with one attached hydrogen (secondary N) is 2. The molecule has 102 valence electrons. The molecule has 0 radical (unpaired) electrons. The van der Waals surface area contributed by atoms with Crippen molar-refractivity contribution in [3.8, 4) is 0 Å². The number of rotatable bonds is 4. The Labute approximate surface area is 119 Å². The number of hydrogen-bond donors (Lipinski definition) is 2. The van der Waals surface area contributed by atoms with Crippen molar-refractivity contribution in [1.82, 2.24) is 10.3 Å². The first-order chi connectivity index (χ1) is 9.93. The van der Waals surface area contributed by atoms with Crippen LogP contribution >= 0.6 is 0 Å². The Balaban J connectivity index is 1.78. The number of anilines is 1. The summed E-state index contributed by atoms with van der Waals surface area (Å²) in [5.74, 6) is 1.82. The molecule has 0 unspecified atom stereocenters. The average Bonchev–Trinajstić information content (AvgIpc) is 2.55. The van der Waals surface area contributed by atoms with Gasteiger partial charge in [-0.3, -0.25) is 4.99 Å². The van der Waals surface area contributed by atoms with Gasteiger partial charge in [-0.1, -0.05) is 30.3 Å². The highest BCUT2D eigenvalue weighted by atomic mass is 15.0. The van der Waals surface area contributed by atoms with Crippen LogP contribution in [0.5, 0.6) is 0 Å². The molecule has 1 aromatic carbocycles. The molecule has 20 heavy (non-hydrogen) atoms. The lowest BCUT2D eigenvalue weighted by molar-refractivity contribution is 0.742. The highest BCUT2D eigenvalue weighted by molar-refractivity contribution is 6.03. The number of benzene rings is 1. The molecule has 3 rings (SSSR count). The molecule has 0 fully saturated rings. The second kappa shape index (κ2) is 6.19. The van der Waals surface area contributed by atoms with Crippen LogP contribution in [-0.4, -0.2) is 23.9 Å². The molecule has 1 aromatic heterocycles. The van der Waals surface area contributed by atoms with E-state index >= 15 is 0 Å². The Morgan fingerprint density at radius 1 is 1.10 bits per heavy atom. The van der Waals surface area contributed by atoms with E-state index in [0.29, 0.717) is 0 Å². The first-order valence-electron chi connectivity index (χ1n) is 6.95. The van der Waals surface area contributed by atoms with Crippen LogP contribution in [0.3, 0.4) is 0 Å². The minimum atomic E-state index is 0.762. The molecule has 4 nitrogen and oxygen atoms in total. The molecular formula is C16H18N4. The van der Waals surface area contributed by atoms with Gasteiger partial charge in [-0.15, -0.1) is 0 Å². The van der Waals surface area contributed by atoms with Crippen molar-refractivity contribution in [2.75, 3.05) is 18.4 Å². The molecule has 1 aliphatic rings. The molecule has 2 N–H and O–H groups in total. The fraction of sp³-hybridized carbons (Fsp3) is 0.250. The third-order valence-corrected chi connectivity index (χ3v) is 3.26. The van der Waals surface area contributed by atoms with E-state index in [2.05, 4.69) is 38.8 Å². The normalized spacial score (nSPS) is 14.3. The Morgan fingerprint density at radius 2 is 2.00 bits per heavy atom. The minimum Gasteiger partial charge on any atom is -0.370 e. The second-order valence-corrected chi connectivity index (χ2v) is 4.75. The molecule has 0 atom stereocenters. The average molecular weight is 266 g/mol. The number of aliphatic imine (C=N–C) groups is 1. The van der Waals surface area contributed by atoms with Crippen LogP contribution in [0.15, 0.2) is 53.7 Å². The quantitative estimate of drug-likeness (QED) is 0.893. The first-order valence-corrected chi connectivity index (χ1v) is 6.95. The van der Waals surface area contributed by atoms with Gasteiger partial charge in [0.1, 0.15) is 11.7 Å². The van der Waals surface area contributed by atoms with Crippen LogP contribution in [0.1, 0.15) is 17.5 Å². The van der Waals surface area contributed by atoms with E-state index in [9.17, 15) is 0 Å². The summed E-state index contributed by atoms with van der Waals surface area (Å²) in [4.78, 5) is 8.98. The maximum atomic E-state index is 4.54. The van der Waals surface area contributed by atoms with E-state index in [1.807, 2.05) is 24.3 Å². The third kappa shape index (κ3) is 2.96. The van der Waals surface area contributed by atoms with Crippen LogP contribution < -0.4 is 10.6 Å². The zero-order valence-corrected chi connectivity index (χ0v) is 11.3. The van der Waals surface area contributed by atoms with Gasteiger partial charge in [0.05, 0.1) is 5.56 Å². The molecule has 2 heterocycles. The number of amidine groups is 1. The molecule has 4 heteroatoms. The highest BCUT2D eigenvalue weighted by Crippen LogP contribution is 2.14. The number of pyridine rings is 1. The molecule has 0 saturated carbocycles. The zero-order valence-electron chi connectivity index (χ0n) is 11.3. The van der Waals surface area contributed by atoms with E-state index in [4.69, 9.17) is 0 Å². The summed E-state index contributed by atoms with van der Waals surface area (Å²) in [6, 6.07) is 14.3. The Hall–Kier alpha value is -2.36. The molecule has 0 amide bonds. The van der Waals surface area contributed by atoms with Crippen LogP contribution in [0, 0.1) is 0 Å². The zero-order chi connectivity index (χ0) is 13.6. The lowest BCUT2D eigenvalue weighted by atomic mass is 10.2. The van der Waals surface area contributed by atoms with Crippen molar-refractivity contribution >= 4 is 11.7 Å². The predicted molar refractivity (Wildman–Crippen MR) is 82.0 cm³/mol. The standard InChI is InChI=1S/C16H18N4/c1-2-6-13(7-3-1)12-20-16-14(8-4-9-17-16)15-18-10-5-11-19-15/h1-4,6-9H,5,10-12H2,(H,17,20)(H,18,19). The summed E-state index contributed by atoms with van der Waals surface area (Å²) in [6.07, 6.45) is 2.90. The van der Waals surface area contributed by atoms with Crippen LogP contribution in [0.25, 0.3) is 0 Å². The van der Waals surface area contributed by atoms with Crippen molar-refractivity contribution in [3.63, 3.8) is 0 Å². The van der Waals surface area contributed by atoms with E-state index < -0.39 is 0 Å². The van der Waals surface area contributed by atoms with Gasteiger partial charge in [0, 0.05) is 25.8 Å². The topological polar surface area (TPSA) is 49.3 Å². The lowest BCUT2D eigenvalue weighted by Crippen LogP contribution is -2.31. The number of nitrogens with zero attached hydrogens (tertiary/aromatic N) is 2. The van der Waals surface area contributed by atoms with Gasteiger partial charge in [0.15, 0.2) is 0 Å². The molecule has 0 aliphatic carbocycles. The van der Waals surface area contributed by atoms with Crippen molar-refractivity contribution in [2.24, 2.45) is 4.99 Å². The highest BCUT2D eigenvalue weighted by Gasteiger charge is 2.12. The Morgan fingerprint density at radius 3 is 2.80 bits per heavy atom. The molecule has 1 aliphatic heterocycles. The van der Waals surface area contributed by atoms with Gasteiger partial charge in [-0.25, -0.2) is 4.98 Å². The third-order valence-electron chi connectivity index (χ3n) is 3.26. The maximum Gasteiger partial charge on any atom is 0.137 e. The minimum absolute atomic E-state index is 0.762. The summed E-state index contributed by atoms with van der Waals surface area (Å²) in [6.45, 7) is 2.62. The molecule has 0 spiro atoms. The summed E-state index contributed by atoms with van der Waals surface area (Å²) >= 11 is 0. The van der Waals surface area contributed by atoms with Gasteiger partial charge in [0.25, 0.3) is 0 Å². The predicted octanol–water partition coefficient (Wildman–Crippen LogP) is 2.43.